The highest BCUT2D eigenvalue weighted by atomic mass is 32.1. The Hall–Kier alpha value is -3.46. The molecule has 4 rings (SSSR count). The molecule has 0 saturated heterocycles. The fourth-order valence-corrected chi connectivity index (χ4v) is 3.14. The molecule has 0 radical (unpaired) electrons. The zero-order chi connectivity index (χ0) is 17.9. The molecule has 0 aliphatic heterocycles. The maximum atomic E-state index is 12.4. The monoisotopic (exact) mass is 364 g/mol. The highest BCUT2D eigenvalue weighted by molar-refractivity contribution is 7.14. The van der Waals surface area contributed by atoms with E-state index in [0.717, 1.165) is 15.9 Å². The maximum absolute atomic E-state index is 12.4. The molecule has 0 unspecified atom stereocenters. The summed E-state index contributed by atoms with van der Waals surface area (Å²) in [5.74, 6) is -0.399. The minimum absolute atomic E-state index is 0.238. The quantitative estimate of drug-likeness (QED) is 0.594. The van der Waals surface area contributed by atoms with Gasteiger partial charge < -0.3 is 5.32 Å². The Labute approximate surface area is 151 Å². The Kier molecular flexibility index (Phi) is 4.20. The number of benzene rings is 1. The molecule has 0 fully saturated rings. The van der Waals surface area contributed by atoms with Gasteiger partial charge in [0.25, 0.3) is 5.56 Å². The number of amides is 1. The van der Waals surface area contributed by atoms with Gasteiger partial charge in [0.05, 0.1) is 11.1 Å². The number of nitrogens with one attached hydrogen (secondary N) is 1. The first kappa shape index (κ1) is 16.0. The van der Waals surface area contributed by atoms with Crippen molar-refractivity contribution in [2.24, 2.45) is 0 Å². The Balaban J connectivity index is 1.51. The normalized spacial score (nSPS) is 10.8. The first-order valence-electron chi connectivity index (χ1n) is 7.69. The molecular weight excluding hydrogens is 352 g/mol. The SMILES string of the molecule is O=C(Cn1nnc2ccccc2c1=O)Nc1nc(-c2cccnc2)cs1. The van der Waals surface area contributed by atoms with E-state index < -0.39 is 5.91 Å². The summed E-state index contributed by atoms with van der Waals surface area (Å²) in [5, 5.41) is 13.1. The van der Waals surface area contributed by atoms with Crippen LogP contribution in [-0.2, 0) is 11.3 Å². The number of thiazole rings is 1. The Morgan fingerprint density at radius 3 is 2.92 bits per heavy atom. The lowest BCUT2D eigenvalue weighted by molar-refractivity contribution is -0.117. The summed E-state index contributed by atoms with van der Waals surface area (Å²) >= 11 is 1.30. The van der Waals surface area contributed by atoms with Crippen LogP contribution < -0.4 is 10.9 Å². The van der Waals surface area contributed by atoms with Crippen LogP contribution in [0.25, 0.3) is 22.2 Å². The largest absolute Gasteiger partial charge is 0.300 e. The van der Waals surface area contributed by atoms with E-state index in [1.807, 2.05) is 17.5 Å². The highest BCUT2D eigenvalue weighted by Crippen LogP contribution is 2.23. The van der Waals surface area contributed by atoms with Gasteiger partial charge in [0, 0.05) is 23.3 Å². The van der Waals surface area contributed by atoms with Crippen molar-refractivity contribution in [3.63, 3.8) is 0 Å². The van der Waals surface area contributed by atoms with Crippen LogP contribution in [0.3, 0.4) is 0 Å². The highest BCUT2D eigenvalue weighted by Gasteiger charge is 2.12. The lowest BCUT2D eigenvalue weighted by Gasteiger charge is -2.04. The number of nitrogens with zero attached hydrogens (tertiary/aromatic N) is 5. The molecule has 4 aromatic rings. The molecule has 128 valence electrons. The van der Waals surface area contributed by atoms with Gasteiger partial charge in [-0.15, -0.1) is 16.4 Å². The smallest absolute Gasteiger partial charge is 0.278 e. The van der Waals surface area contributed by atoms with E-state index in [1.165, 1.54) is 11.3 Å². The van der Waals surface area contributed by atoms with E-state index in [4.69, 9.17) is 0 Å². The van der Waals surface area contributed by atoms with E-state index in [2.05, 4.69) is 25.6 Å². The van der Waals surface area contributed by atoms with E-state index in [-0.39, 0.29) is 12.1 Å². The maximum Gasteiger partial charge on any atom is 0.278 e. The van der Waals surface area contributed by atoms with E-state index in [0.29, 0.717) is 16.0 Å². The minimum atomic E-state index is -0.399. The molecule has 0 aliphatic rings. The van der Waals surface area contributed by atoms with Gasteiger partial charge in [0.15, 0.2) is 5.13 Å². The fourth-order valence-electron chi connectivity index (χ4n) is 2.40. The van der Waals surface area contributed by atoms with Crippen molar-refractivity contribution in [2.75, 3.05) is 5.32 Å². The molecule has 9 heteroatoms. The van der Waals surface area contributed by atoms with Crippen molar-refractivity contribution in [1.82, 2.24) is 25.0 Å². The second-order valence-electron chi connectivity index (χ2n) is 5.40. The van der Waals surface area contributed by atoms with Crippen LogP contribution in [0.15, 0.2) is 59.0 Å². The minimum Gasteiger partial charge on any atom is -0.300 e. The van der Waals surface area contributed by atoms with Gasteiger partial charge >= 0.3 is 0 Å². The second kappa shape index (κ2) is 6.81. The van der Waals surface area contributed by atoms with Crippen LogP contribution in [0.4, 0.5) is 5.13 Å². The first-order valence-corrected chi connectivity index (χ1v) is 8.57. The number of rotatable bonds is 4. The van der Waals surface area contributed by atoms with Gasteiger partial charge in [-0.1, -0.05) is 17.3 Å². The number of anilines is 1. The summed E-state index contributed by atoms with van der Waals surface area (Å²) in [6.07, 6.45) is 3.38. The van der Waals surface area contributed by atoms with E-state index in [1.54, 1.807) is 36.7 Å². The van der Waals surface area contributed by atoms with Gasteiger partial charge in [-0.25, -0.2) is 9.67 Å². The van der Waals surface area contributed by atoms with Crippen LogP contribution in [0, 0.1) is 0 Å². The number of fused-ring (bicyclic) bond motifs is 1. The molecule has 1 N–H and O–H groups in total. The topological polar surface area (TPSA) is 103 Å². The Bertz CT molecular complexity index is 1140. The predicted molar refractivity (Wildman–Crippen MR) is 97.8 cm³/mol. The van der Waals surface area contributed by atoms with Crippen molar-refractivity contribution in [3.05, 3.63) is 64.5 Å². The molecule has 26 heavy (non-hydrogen) atoms. The lowest BCUT2D eigenvalue weighted by Crippen LogP contribution is -2.30. The van der Waals surface area contributed by atoms with Crippen molar-refractivity contribution in [2.45, 2.75) is 6.54 Å². The summed E-state index contributed by atoms with van der Waals surface area (Å²) in [6.45, 7) is -0.238. The number of aromatic nitrogens is 5. The van der Waals surface area contributed by atoms with Gasteiger partial charge in [0.2, 0.25) is 5.91 Å². The number of hydrogen-bond donors (Lipinski definition) is 1. The molecule has 3 aromatic heterocycles. The molecule has 0 aliphatic carbocycles. The fraction of sp³-hybridized carbons (Fsp3) is 0.0588. The van der Waals surface area contributed by atoms with Crippen LogP contribution in [0.1, 0.15) is 0 Å². The van der Waals surface area contributed by atoms with Crippen LogP contribution >= 0.6 is 11.3 Å². The van der Waals surface area contributed by atoms with E-state index in [9.17, 15) is 9.59 Å². The molecule has 1 aromatic carbocycles. The number of carbonyl (C=O) groups excluding carboxylic acids is 1. The third-order valence-electron chi connectivity index (χ3n) is 3.63. The third kappa shape index (κ3) is 3.20. The van der Waals surface area contributed by atoms with Crippen molar-refractivity contribution >= 4 is 33.3 Å². The Morgan fingerprint density at radius 2 is 2.08 bits per heavy atom. The summed E-state index contributed by atoms with van der Waals surface area (Å²) in [5.41, 5.74) is 1.72. The second-order valence-corrected chi connectivity index (χ2v) is 6.26. The van der Waals surface area contributed by atoms with Crippen molar-refractivity contribution < 1.29 is 4.79 Å². The molecule has 0 bridgehead atoms. The van der Waals surface area contributed by atoms with Gasteiger partial charge in [-0.3, -0.25) is 14.6 Å². The van der Waals surface area contributed by atoms with Gasteiger partial charge in [0.1, 0.15) is 12.1 Å². The molecular formula is C17H12N6O2S. The van der Waals surface area contributed by atoms with Gasteiger partial charge in [-0.2, -0.15) is 0 Å². The zero-order valence-corrected chi connectivity index (χ0v) is 14.2. The van der Waals surface area contributed by atoms with E-state index >= 15 is 0 Å². The van der Waals surface area contributed by atoms with Crippen molar-refractivity contribution in [1.29, 1.82) is 0 Å². The molecule has 0 saturated carbocycles. The summed E-state index contributed by atoms with van der Waals surface area (Å²) in [4.78, 5) is 33.0. The average molecular weight is 364 g/mol. The predicted octanol–water partition coefficient (Wildman–Crippen LogP) is 1.95. The molecule has 8 nitrogen and oxygen atoms in total. The molecule has 3 heterocycles. The standard InChI is InChI=1S/C17H12N6O2S/c24-15(9-23-16(25)12-5-1-2-6-13(12)21-22-23)20-17-19-14(10-26-17)11-4-3-7-18-8-11/h1-8,10H,9H2,(H,19,20,24). The van der Waals surface area contributed by atoms with Crippen LogP contribution in [-0.4, -0.2) is 30.9 Å². The zero-order valence-electron chi connectivity index (χ0n) is 13.4. The summed E-state index contributed by atoms with van der Waals surface area (Å²) in [7, 11) is 0. The van der Waals surface area contributed by atoms with Gasteiger partial charge in [-0.05, 0) is 24.3 Å². The molecule has 0 atom stereocenters. The summed E-state index contributed by atoms with van der Waals surface area (Å²) in [6, 6.07) is 10.6. The molecule has 0 spiro atoms. The number of pyridine rings is 1. The number of carbonyl (C=O) groups is 1. The summed E-state index contributed by atoms with van der Waals surface area (Å²) < 4.78 is 1.04. The lowest BCUT2D eigenvalue weighted by atomic mass is 10.2. The first-order chi connectivity index (χ1) is 12.7. The third-order valence-corrected chi connectivity index (χ3v) is 4.39. The molecule has 1 amide bonds. The average Bonchev–Trinajstić information content (AvgIpc) is 3.13. The number of hydrogen-bond acceptors (Lipinski definition) is 7. The van der Waals surface area contributed by atoms with Crippen LogP contribution in [0.5, 0.6) is 0 Å². The Morgan fingerprint density at radius 1 is 1.19 bits per heavy atom. The van der Waals surface area contributed by atoms with Crippen LogP contribution in [0.2, 0.25) is 0 Å². The van der Waals surface area contributed by atoms with Crippen molar-refractivity contribution in [3.8, 4) is 11.3 Å².